The van der Waals surface area contributed by atoms with Crippen LogP contribution in [0.1, 0.15) is 84.0 Å². The Labute approximate surface area is 107 Å². The van der Waals surface area contributed by atoms with E-state index in [2.05, 4.69) is 13.0 Å². The van der Waals surface area contributed by atoms with Crippen LogP contribution in [0.25, 0.3) is 0 Å². The monoisotopic (exact) mass is 238 g/mol. The number of hydrogen-bond acceptors (Lipinski definition) is 1. The molecule has 0 amide bonds. The highest BCUT2D eigenvalue weighted by atomic mass is 16.3. The lowest BCUT2D eigenvalue weighted by molar-refractivity contribution is 0.371. The van der Waals surface area contributed by atoms with Crippen molar-refractivity contribution in [3.8, 4) is 0 Å². The summed E-state index contributed by atoms with van der Waals surface area (Å²) in [5.41, 5.74) is 0. The molecule has 17 heavy (non-hydrogen) atoms. The van der Waals surface area contributed by atoms with Gasteiger partial charge in [-0.25, -0.2) is 0 Å². The highest BCUT2D eigenvalue weighted by molar-refractivity contribution is 4.93. The first kappa shape index (κ1) is 14.6. The lowest BCUT2D eigenvalue weighted by Crippen LogP contribution is -1.93. The van der Waals surface area contributed by atoms with E-state index in [-0.39, 0.29) is 0 Å². The summed E-state index contributed by atoms with van der Waals surface area (Å²) in [7, 11) is 0. The van der Waals surface area contributed by atoms with Gasteiger partial charge < -0.3 is 5.11 Å². The summed E-state index contributed by atoms with van der Waals surface area (Å²) >= 11 is 0. The van der Waals surface area contributed by atoms with E-state index in [1.54, 1.807) is 0 Å². The molecular weight excluding hydrogens is 208 g/mol. The highest BCUT2D eigenvalue weighted by Crippen LogP contribution is 2.18. The Morgan fingerprint density at radius 3 is 1.88 bits per heavy atom. The summed E-state index contributed by atoms with van der Waals surface area (Å²) < 4.78 is 0. The molecule has 0 radical (unpaired) electrons. The van der Waals surface area contributed by atoms with Gasteiger partial charge in [0.15, 0.2) is 0 Å². The summed E-state index contributed by atoms with van der Waals surface area (Å²) in [4.78, 5) is 0. The highest BCUT2D eigenvalue weighted by Gasteiger charge is 2.02. The lowest BCUT2D eigenvalue weighted by Gasteiger charge is -2.07. The van der Waals surface area contributed by atoms with Crippen molar-refractivity contribution in [2.45, 2.75) is 84.0 Å². The lowest BCUT2D eigenvalue weighted by atomic mass is 10.0. The molecular formula is C16H30O. The molecule has 0 aliphatic heterocycles. The van der Waals surface area contributed by atoms with E-state index in [9.17, 15) is 5.11 Å². The van der Waals surface area contributed by atoms with Crippen LogP contribution in [0.15, 0.2) is 11.8 Å². The van der Waals surface area contributed by atoms with E-state index in [0.29, 0.717) is 11.7 Å². The molecule has 1 unspecified atom stereocenters. The van der Waals surface area contributed by atoms with Crippen LogP contribution in [0.5, 0.6) is 0 Å². The SMILES string of the molecule is CC1/C=C(\O)CCCCCCCCCCCC1. The van der Waals surface area contributed by atoms with Crippen LogP contribution in [0.2, 0.25) is 0 Å². The smallest absolute Gasteiger partial charge is 0.0885 e. The molecule has 0 aromatic heterocycles. The molecule has 1 heteroatoms. The maximum atomic E-state index is 9.81. The Balaban J connectivity index is 2.30. The molecule has 1 aliphatic carbocycles. The van der Waals surface area contributed by atoms with Crippen molar-refractivity contribution in [1.82, 2.24) is 0 Å². The molecule has 1 aliphatic rings. The minimum Gasteiger partial charge on any atom is -0.513 e. The van der Waals surface area contributed by atoms with Crippen molar-refractivity contribution in [2.24, 2.45) is 5.92 Å². The van der Waals surface area contributed by atoms with Crippen LogP contribution in [0.4, 0.5) is 0 Å². The van der Waals surface area contributed by atoms with E-state index in [0.717, 1.165) is 12.8 Å². The van der Waals surface area contributed by atoms with Gasteiger partial charge in [0, 0.05) is 6.42 Å². The molecule has 100 valence electrons. The average Bonchev–Trinajstić information content (AvgIpc) is 2.30. The first-order valence-electron chi connectivity index (χ1n) is 7.68. The van der Waals surface area contributed by atoms with Gasteiger partial charge in [0.05, 0.1) is 5.76 Å². The predicted octanol–water partition coefficient (Wildman–Crippen LogP) is 5.76. The minimum absolute atomic E-state index is 0.556. The third-order valence-electron chi connectivity index (χ3n) is 3.82. The maximum absolute atomic E-state index is 9.81. The molecule has 0 spiro atoms. The molecule has 1 nitrogen and oxygen atoms in total. The molecule has 0 heterocycles. The maximum Gasteiger partial charge on any atom is 0.0885 e. The summed E-state index contributed by atoms with van der Waals surface area (Å²) in [5, 5.41) is 9.81. The van der Waals surface area contributed by atoms with Gasteiger partial charge in [-0.15, -0.1) is 0 Å². The quantitative estimate of drug-likeness (QED) is 0.569. The molecule has 0 aromatic carbocycles. The number of hydrogen-bond donors (Lipinski definition) is 1. The Hall–Kier alpha value is -0.460. The summed E-state index contributed by atoms with van der Waals surface area (Å²) in [6.07, 6.45) is 17.8. The van der Waals surface area contributed by atoms with Gasteiger partial charge in [0.1, 0.15) is 0 Å². The standard InChI is InChI=1S/C16H30O/c1-15-12-10-8-6-4-2-3-5-7-9-11-13-16(17)14-15/h14-15,17H,2-13H2,1H3/b16-14-. The number of aliphatic hydroxyl groups is 1. The predicted molar refractivity (Wildman–Crippen MR) is 75.3 cm³/mol. The van der Waals surface area contributed by atoms with Gasteiger partial charge in [-0.05, 0) is 24.8 Å². The molecule has 0 aromatic rings. The Morgan fingerprint density at radius 2 is 1.29 bits per heavy atom. The number of aliphatic hydroxyl groups excluding tert-OH is 1. The molecule has 0 saturated heterocycles. The van der Waals surface area contributed by atoms with Crippen molar-refractivity contribution < 1.29 is 5.11 Å². The van der Waals surface area contributed by atoms with Crippen LogP contribution in [0, 0.1) is 5.92 Å². The largest absolute Gasteiger partial charge is 0.513 e. The molecule has 1 atom stereocenters. The fourth-order valence-electron chi connectivity index (χ4n) is 2.68. The molecule has 0 fully saturated rings. The third-order valence-corrected chi connectivity index (χ3v) is 3.82. The zero-order valence-corrected chi connectivity index (χ0v) is 11.6. The van der Waals surface area contributed by atoms with Gasteiger partial charge >= 0.3 is 0 Å². The van der Waals surface area contributed by atoms with E-state index < -0.39 is 0 Å². The topological polar surface area (TPSA) is 20.2 Å². The summed E-state index contributed by atoms with van der Waals surface area (Å²) in [5.74, 6) is 1.19. The van der Waals surface area contributed by atoms with E-state index >= 15 is 0 Å². The van der Waals surface area contributed by atoms with Crippen molar-refractivity contribution in [1.29, 1.82) is 0 Å². The van der Waals surface area contributed by atoms with Crippen LogP contribution in [0.3, 0.4) is 0 Å². The molecule has 1 N–H and O–H groups in total. The Morgan fingerprint density at radius 1 is 0.824 bits per heavy atom. The van der Waals surface area contributed by atoms with Crippen molar-refractivity contribution in [2.75, 3.05) is 0 Å². The second-order valence-electron chi connectivity index (χ2n) is 5.71. The first-order valence-corrected chi connectivity index (χ1v) is 7.68. The Bertz CT molecular complexity index is 208. The van der Waals surface area contributed by atoms with Crippen LogP contribution in [-0.4, -0.2) is 5.11 Å². The third kappa shape index (κ3) is 8.29. The first-order chi connectivity index (χ1) is 8.29. The normalized spacial score (nSPS) is 29.7. The van der Waals surface area contributed by atoms with Gasteiger partial charge in [0.2, 0.25) is 0 Å². The average molecular weight is 238 g/mol. The number of rotatable bonds is 0. The fourth-order valence-corrected chi connectivity index (χ4v) is 2.68. The Kier molecular flexibility index (Phi) is 8.21. The van der Waals surface area contributed by atoms with Gasteiger partial charge in [-0.1, -0.05) is 64.7 Å². The zero-order chi connectivity index (χ0) is 12.3. The molecule has 0 bridgehead atoms. The van der Waals surface area contributed by atoms with E-state index in [1.165, 1.54) is 64.2 Å². The van der Waals surface area contributed by atoms with Crippen molar-refractivity contribution >= 4 is 0 Å². The van der Waals surface area contributed by atoms with Crippen LogP contribution in [-0.2, 0) is 0 Å². The zero-order valence-electron chi connectivity index (χ0n) is 11.6. The summed E-state index contributed by atoms with van der Waals surface area (Å²) in [6.45, 7) is 2.23. The number of allylic oxidation sites excluding steroid dienone is 2. The van der Waals surface area contributed by atoms with E-state index in [1.807, 2.05) is 0 Å². The fraction of sp³-hybridized carbons (Fsp3) is 0.875. The van der Waals surface area contributed by atoms with E-state index in [4.69, 9.17) is 0 Å². The second kappa shape index (κ2) is 9.56. The molecule has 0 saturated carbocycles. The van der Waals surface area contributed by atoms with Gasteiger partial charge in [0.25, 0.3) is 0 Å². The summed E-state index contributed by atoms with van der Waals surface area (Å²) in [6, 6.07) is 0. The second-order valence-corrected chi connectivity index (χ2v) is 5.71. The van der Waals surface area contributed by atoms with Crippen molar-refractivity contribution in [3.05, 3.63) is 11.8 Å². The van der Waals surface area contributed by atoms with Gasteiger partial charge in [-0.3, -0.25) is 0 Å². The van der Waals surface area contributed by atoms with Gasteiger partial charge in [-0.2, -0.15) is 0 Å². The van der Waals surface area contributed by atoms with Crippen LogP contribution >= 0.6 is 0 Å². The van der Waals surface area contributed by atoms with Crippen molar-refractivity contribution in [3.63, 3.8) is 0 Å². The molecule has 1 rings (SSSR count). The minimum atomic E-state index is 0.556. The van der Waals surface area contributed by atoms with Crippen LogP contribution < -0.4 is 0 Å².